The molecule has 0 aromatic heterocycles. The molecule has 3 heteroatoms. The first-order valence-electron chi connectivity index (χ1n) is 6.32. The number of rotatable bonds is 3. The molecular weight excluding hydrogens is 214 g/mol. The molecule has 1 amide bonds. The largest absolute Gasteiger partial charge is 0.380 e. The number of amides is 1. The highest BCUT2D eigenvalue weighted by Crippen LogP contribution is 2.26. The van der Waals surface area contributed by atoms with E-state index in [1.165, 1.54) is 0 Å². The van der Waals surface area contributed by atoms with E-state index in [4.69, 9.17) is 4.74 Å². The van der Waals surface area contributed by atoms with Gasteiger partial charge in [-0.2, -0.15) is 0 Å². The SMILES string of the molecule is C=CCN(C(=O)C#CC1CCCOC1)C1CC1. The molecular formula is C14H19NO2. The van der Waals surface area contributed by atoms with Gasteiger partial charge in [0, 0.05) is 25.1 Å². The quantitative estimate of drug-likeness (QED) is 0.547. The van der Waals surface area contributed by atoms with E-state index in [1.54, 1.807) is 6.08 Å². The molecule has 1 heterocycles. The van der Waals surface area contributed by atoms with Gasteiger partial charge in [-0.05, 0) is 31.6 Å². The van der Waals surface area contributed by atoms with Crippen LogP contribution in [0.4, 0.5) is 0 Å². The van der Waals surface area contributed by atoms with E-state index in [2.05, 4.69) is 18.4 Å². The van der Waals surface area contributed by atoms with Crippen molar-refractivity contribution in [2.24, 2.45) is 5.92 Å². The highest BCUT2D eigenvalue weighted by molar-refractivity contribution is 5.94. The minimum absolute atomic E-state index is 0.0574. The molecule has 1 atom stereocenters. The lowest BCUT2D eigenvalue weighted by atomic mass is 10.0. The molecule has 2 fully saturated rings. The fourth-order valence-corrected chi connectivity index (χ4v) is 2.01. The summed E-state index contributed by atoms with van der Waals surface area (Å²) in [6, 6.07) is 0.400. The fourth-order valence-electron chi connectivity index (χ4n) is 2.01. The van der Waals surface area contributed by atoms with Crippen molar-refractivity contribution in [2.45, 2.75) is 31.7 Å². The summed E-state index contributed by atoms with van der Waals surface area (Å²) in [5, 5.41) is 0. The summed E-state index contributed by atoms with van der Waals surface area (Å²) >= 11 is 0. The van der Waals surface area contributed by atoms with Crippen LogP contribution in [-0.4, -0.2) is 36.6 Å². The molecule has 0 bridgehead atoms. The van der Waals surface area contributed by atoms with Crippen LogP contribution >= 0.6 is 0 Å². The molecule has 0 radical (unpaired) electrons. The van der Waals surface area contributed by atoms with E-state index in [-0.39, 0.29) is 11.8 Å². The third kappa shape index (κ3) is 3.61. The summed E-state index contributed by atoms with van der Waals surface area (Å²) in [7, 11) is 0. The maximum absolute atomic E-state index is 11.9. The van der Waals surface area contributed by atoms with Crippen LogP contribution in [0.15, 0.2) is 12.7 Å². The van der Waals surface area contributed by atoms with Gasteiger partial charge in [0.05, 0.1) is 6.61 Å². The highest BCUT2D eigenvalue weighted by Gasteiger charge is 2.30. The number of ether oxygens (including phenoxy) is 1. The fraction of sp³-hybridized carbons (Fsp3) is 0.643. The van der Waals surface area contributed by atoms with Crippen molar-refractivity contribution in [3.8, 4) is 11.8 Å². The molecule has 3 nitrogen and oxygen atoms in total. The lowest BCUT2D eigenvalue weighted by Gasteiger charge is -2.18. The first kappa shape index (κ1) is 12.2. The molecule has 92 valence electrons. The minimum atomic E-state index is -0.0574. The molecule has 2 rings (SSSR count). The Hall–Kier alpha value is -1.27. The van der Waals surface area contributed by atoms with Gasteiger partial charge in [0.25, 0.3) is 5.91 Å². The van der Waals surface area contributed by atoms with Gasteiger partial charge in [0.2, 0.25) is 0 Å². The average Bonchev–Trinajstić information content (AvgIpc) is 3.18. The van der Waals surface area contributed by atoms with Crippen molar-refractivity contribution in [1.82, 2.24) is 4.90 Å². The van der Waals surface area contributed by atoms with Crippen LogP contribution in [0, 0.1) is 17.8 Å². The highest BCUT2D eigenvalue weighted by atomic mass is 16.5. The van der Waals surface area contributed by atoms with E-state index in [0.717, 1.165) is 32.3 Å². The average molecular weight is 233 g/mol. The van der Waals surface area contributed by atoms with Crippen molar-refractivity contribution in [3.05, 3.63) is 12.7 Å². The Morgan fingerprint density at radius 2 is 2.29 bits per heavy atom. The van der Waals surface area contributed by atoms with Crippen molar-refractivity contribution in [1.29, 1.82) is 0 Å². The molecule has 1 unspecified atom stereocenters. The van der Waals surface area contributed by atoms with Crippen LogP contribution < -0.4 is 0 Å². The topological polar surface area (TPSA) is 29.5 Å². The first-order valence-corrected chi connectivity index (χ1v) is 6.32. The van der Waals surface area contributed by atoms with Crippen LogP contribution in [0.5, 0.6) is 0 Å². The normalized spacial score (nSPS) is 23.4. The number of nitrogens with zero attached hydrogens (tertiary/aromatic N) is 1. The van der Waals surface area contributed by atoms with Crippen molar-refractivity contribution in [3.63, 3.8) is 0 Å². The number of carbonyl (C=O) groups is 1. The maximum atomic E-state index is 11.9. The van der Waals surface area contributed by atoms with Crippen LogP contribution in [-0.2, 0) is 9.53 Å². The van der Waals surface area contributed by atoms with Gasteiger partial charge in [-0.1, -0.05) is 12.0 Å². The predicted octanol–water partition coefficient (Wildman–Crippen LogP) is 1.59. The molecule has 1 aliphatic carbocycles. The summed E-state index contributed by atoms with van der Waals surface area (Å²) < 4.78 is 5.34. The zero-order chi connectivity index (χ0) is 12.1. The Morgan fingerprint density at radius 1 is 1.47 bits per heavy atom. The Kier molecular flexibility index (Phi) is 4.22. The molecule has 1 aliphatic heterocycles. The molecule has 1 saturated heterocycles. The number of hydrogen-bond donors (Lipinski definition) is 0. The van der Waals surface area contributed by atoms with Gasteiger partial charge in [-0.15, -0.1) is 6.58 Å². The Balaban J connectivity index is 1.89. The summed E-state index contributed by atoms with van der Waals surface area (Å²) in [4.78, 5) is 13.7. The molecule has 0 aromatic rings. The van der Waals surface area contributed by atoms with Crippen molar-refractivity contribution < 1.29 is 9.53 Å². The second-order valence-corrected chi connectivity index (χ2v) is 4.66. The molecule has 17 heavy (non-hydrogen) atoms. The second kappa shape index (κ2) is 5.88. The van der Waals surface area contributed by atoms with Crippen LogP contribution in [0.2, 0.25) is 0 Å². The smallest absolute Gasteiger partial charge is 0.299 e. The number of carbonyl (C=O) groups excluding carboxylic acids is 1. The van der Waals surface area contributed by atoms with Gasteiger partial charge in [0.1, 0.15) is 0 Å². The summed E-state index contributed by atoms with van der Waals surface area (Å²) in [6.07, 6.45) is 6.07. The third-order valence-corrected chi connectivity index (χ3v) is 3.12. The van der Waals surface area contributed by atoms with Gasteiger partial charge in [0.15, 0.2) is 0 Å². The monoisotopic (exact) mass is 233 g/mol. The van der Waals surface area contributed by atoms with E-state index in [1.807, 2.05) is 4.90 Å². The van der Waals surface area contributed by atoms with Crippen molar-refractivity contribution in [2.75, 3.05) is 19.8 Å². The van der Waals surface area contributed by atoms with E-state index < -0.39 is 0 Å². The number of hydrogen-bond acceptors (Lipinski definition) is 2. The van der Waals surface area contributed by atoms with Crippen LogP contribution in [0.25, 0.3) is 0 Å². The van der Waals surface area contributed by atoms with E-state index >= 15 is 0 Å². The van der Waals surface area contributed by atoms with Gasteiger partial charge in [-0.25, -0.2) is 0 Å². The van der Waals surface area contributed by atoms with E-state index in [0.29, 0.717) is 19.2 Å². The molecule has 0 N–H and O–H groups in total. The Labute approximate surface area is 103 Å². The van der Waals surface area contributed by atoms with E-state index in [9.17, 15) is 4.79 Å². The first-order chi connectivity index (χ1) is 8.31. The third-order valence-electron chi connectivity index (χ3n) is 3.12. The summed E-state index contributed by atoms with van der Waals surface area (Å²) in [5.41, 5.74) is 0. The van der Waals surface area contributed by atoms with Gasteiger partial charge in [-0.3, -0.25) is 4.79 Å². The summed E-state index contributed by atoms with van der Waals surface area (Å²) in [5.74, 6) is 5.99. The maximum Gasteiger partial charge on any atom is 0.299 e. The van der Waals surface area contributed by atoms with Crippen LogP contribution in [0.3, 0.4) is 0 Å². The Morgan fingerprint density at radius 3 is 2.88 bits per heavy atom. The van der Waals surface area contributed by atoms with Gasteiger partial charge < -0.3 is 9.64 Å². The zero-order valence-corrected chi connectivity index (χ0v) is 10.2. The second-order valence-electron chi connectivity index (χ2n) is 4.66. The standard InChI is InChI=1S/C14H19NO2/c1-2-9-15(13-6-7-13)14(16)8-5-12-4-3-10-17-11-12/h2,12-13H,1,3-4,6-7,9-11H2. The molecule has 0 spiro atoms. The lowest BCUT2D eigenvalue weighted by molar-refractivity contribution is -0.125. The minimum Gasteiger partial charge on any atom is -0.380 e. The predicted molar refractivity (Wildman–Crippen MR) is 66.3 cm³/mol. The molecule has 0 aromatic carbocycles. The van der Waals surface area contributed by atoms with Crippen LogP contribution in [0.1, 0.15) is 25.7 Å². The molecule has 1 saturated carbocycles. The van der Waals surface area contributed by atoms with Crippen molar-refractivity contribution >= 4 is 5.91 Å². The zero-order valence-electron chi connectivity index (χ0n) is 10.2. The molecule has 2 aliphatic rings. The van der Waals surface area contributed by atoms with Gasteiger partial charge >= 0.3 is 0 Å². The lowest BCUT2D eigenvalue weighted by Crippen LogP contribution is -2.32. The summed E-state index contributed by atoms with van der Waals surface area (Å²) in [6.45, 7) is 5.79. The Bertz CT molecular complexity index is 343.